The van der Waals surface area contributed by atoms with Gasteiger partial charge in [-0.3, -0.25) is 4.79 Å². The monoisotopic (exact) mass is 396 g/mol. The van der Waals surface area contributed by atoms with Crippen molar-refractivity contribution >= 4 is 27.3 Å². The number of nitrogens with zero attached hydrogens (tertiary/aromatic N) is 3. The van der Waals surface area contributed by atoms with Gasteiger partial charge in [0.25, 0.3) is 10.0 Å². The number of imidazole rings is 1. The van der Waals surface area contributed by atoms with Crippen LogP contribution in [-0.2, 0) is 21.4 Å². The van der Waals surface area contributed by atoms with Crippen molar-refractivity contribution in [3.05, 3.63) is 35.7 Å². The molecule has 1 fully saturated rings. The number of amides is 1. The smallest absolute Gasteiger partial charge is 0.252 e. The van der Waals surface area contributed by atoms with Crippen LogP contribution in [0.4, 0.5) is 0 Å². The average molecular weight is 397 g/mol. The molecule has 3 heterocycles. The molecule has 2 aromatic heterocycles. The SMILES string of the molecule is Cc1ccc(S(=O)(=O)N2CCC[C@@H](C(=O)N[C@H](C)Cn3ccnc3)C2)s1. The summed E-state index contributed by atoms with van der Waals surface area (Å²) in [7, 11) is -3.52. The van der Waals surface area contributed by atoms with Gasteiger partial charge in [-0.25, -0.2) is 13.4 Å². The maximum absolute atomic E-state index is 12.8. The van der Waals surface area contributed by atoms with Gasteiger partial charge in [-0.05, 0) is 38.8 Å². The number of aryl methyl sites for hydroxylation is 1. The molecule has 1 N–H and O–H groups in total. The van der Waals surface area contributed by atoms with E-state index in [1.807, 2.05) is 30.7 Å². The molecule has 0 aromatic carbocycles. The maximum atomic E-state index is 12.8. The molecular weight excluding hydrogens is 372 g/mol. The fourth-order valence-electron chi connectivity index (χ4n) is 3.17. The van der Waals surface area contributed by atoms with E-state index in [1.54, 1.807) is 18.6 Å². The Hall–Kier alpha value is -1.71. The first kappa shape index (κ1) is 19.1. The second-order valence-electron chi connectivity index (χ2n) is 6.74. The number of thiophene rings is 1. The van der Waals surface area contributed by atoms with E-state index in [0.717, 1.165) is 4.88 Å². The van der Waals surface area contributed by atoms with E-state index in [2.05, 4.69) is 10.3 Å². The molecule has 1 aliphatic rings. The topological polar surface area (TPSA) is 84.3 Å². The third kappa shape index (κ3) is 4.33. The normalized spacial score (nSPS) is 20.0. The van der Waals surface area contributed by atoms with Crippen molar-refractivity contribution in [3.8, 4) is 0 Å². The molecule has 3 rings (SSSR count). The summed E-state index contributed by atoms with van der Waals surface area (Å²) in [5, 5.41) is 3.00. The molecule has 0 spiro atoms. The van der Waals surface area contributed by atoms with Gasteiger partial charge in [0.1, 0.15) is 4.21 Å². The number of nitrogens with one attached hydrogen (secondary N) is 1. The Morgan fingerprint density at radius 3 is 2.92 bits per heavy atom. The number of hydrogen-bond acceptors (Lipinski definition) is 5. The summed E-state index contributed by atoms with van der Waals surface area (Å²) < 4.78 is 29.3. The zero-order valence-corrected chi connectivity index (χ0v) is 16.6. The lowest BCUT2D eigenvalue weighted by Gasteiger charge is -2.31. The number of hydrogen-bond donors (Lipinski definition) is 1. The lowest BCUT2D eigenvalue weighted by atomic mass is 9.98. The molecule has 1 aliphatic heterocycles. The molecule has 2 atom stereocenters. The minimum absolute atomic E-state index is 0.0522. The van der Waals surface area contributed by atoms with E-state index in [0.29, 0.717) is 30.1 Å². The number of carbonyl (C=O) groups is 1. The Bertz CT molecular complexity index is 845. The predicted octanol–water partition coefficient (Wildman–Crippen LogP) is 1.86. The van der Waals surface area contributed by atoms with E-state index in [-0.39, 0.29) is 24.4 Å². The zero-order chi connectivity index (χ0) is 18.7. The van der Waals surface area contributed by atoms with Crippen LogP contribution in [0.3, 0.4) is 0 Å². The summed E-state index contributed by atoms with van der Waals surface area (Å²) in [6.45, 7) is 5.16. The van der Waals surface area contributed by atoms with Crippen molar-refractivity contribution in [1.29, 1.82) is 0 Å². The molecular formula is C17H24N4O3S2. The first-order valence-electron chi connectivity index (χ1n) is 8.69. The summed E-state index contributed by atoms with van der Waals surface area (Å²) in [6, 6.07) is 3.40. The average Bonchev–Trinajstić information content (AvgIpc) is 3.26. The van der Waals surface area contributed by atoms with Gasteiger partial charge < -0.3 is 9.88 Å². The summed E-state index contributed by atoms with van der Waals surface area (Å²) in [5.41, 5.74) is 0. The number of sulfonamides is 1. The fourth-order valence-corrected chi connectivity index (χ4v) is 6.13. The van der Waals surface area contributed by atoms with Crippen LogP contribution in [0.1, 0.15) is 24.6 Å². The summed E-state index contributed by atoms with van der Waals surface area (Å²) in [6.07, 6.45) is 6.66. The van der Waals surface area contributed by atoms with Gasteiger partial charge in [0, 0.05) is 42.9 Å². The van der Waals surface area contributed by atoms with Crippen LogP contribution in [0.2, 0.25) is 0 Å². The van der Waals surface area contributed by atoms with Crippen LogP contribution < -0.4 is 5.32 Å². The molecule has 1 amide bonds. The zero-order valence-electron chi connectivity index (χ0n) is 15.0. The third-order valence-electron chi connectivity index (χ3n) is 4.50. The van der Waals surface area contributed by atoms with Crippen LogP contribution in [0.15, 0.2) is 35.1 Å². The lowest BCUT2D eigenvalue weighted by molar-refractivity contribution is -0.126. The summed E-state index contributed by atoms with van der Waals surface area (Å²) in [4.78, 5) is 17.5. The van der Waals surface area contributed by atoms with Gasteiger partial charge in [-0.15, -0.1) is 11.3 Å². The van der Waals surface area contributed by atoms with Crippen molar-refractivity contribution < 1.29 is 13.2 Å². The highest BCUT2D eigenvalue weighted by atomic mass is 32.2. The number of carbonyl (C=O) groups excluding carboxylic acids is 1. The van der Waals surface area contributed by atoms with Crippen molar-refractivity contribution in [3.63, 3.8) is 0 Å². The number of aromatic nitrogens is 2. The molecule has 2 aromatic rings. The second kappa shape index (κ2) is 7.89. The molecule has 9 heteroatoms. The van der Waals surface area contributed by atoms with Crippen molar-refractivity contribution in [2.75, 3.05) is 13.1 Å². The number of piperidine rings is 1. The lowest BCUT2D eigenvalue weighted by Crippen LogP contribution is -2.47. The first-order valence-corrected chi connectivity index (χ1v) is 10.9. The molecule has 142 valence electrons. The highest BCUT2D eigenvalue weighted by molar-refractivity contribution is 7.91. The molecule has 7 nitrogen and oxygen atoms in total. The Morgan fingerprint density at radius 1 is 1.46 bits per heavy atom. The van der Waals surface area contributed by atoms with E-state index >= 15 is 0 Å². The van der Waals surface area contributed by atoms with E-state index in [4.69, 9.17) is 0 Å². The van der Waals surface area contributed by atoms with Gasteiger partial charge >= 0.3 is 0 Å². The molecule has 0 aliphatic carbocycles. The molecule has 26 heavy (non-hydrogen) atoms. The van der Waals surface area contributed by atoms with Crippen molar-refractivity contribution in [2.24, 2.45) is 5.92 Å². The standard InChI is InChI=1S/C17H24N4O3S2/c1-13(10-20-9-7-18-12-20)19-17(22)15-4-3-8-21(11-15)26(23,24)16-6-5-14(2)25-16/h5-7,9,12-13,15H,3-4,8,10-11H2,1-2H3,(H,19,22)/t13-,15-/m1/s1. The van der Waals surface area contributed by atoms with E-state index in [1.165, 1.54) is 15.6 Å². The van der Waals surface area contributed by atoms with Crippen LogP contribution in [0, 0.1) is 12.8 Å². The Balaban J connectivity index is 1.61. The maximum Gasteiger partial charge on any atom is 0.252 e. The highest BCUT2D eigenvalue weighted by Gasteiger charge is 2.34. The second-order valence-corrected chi connectivity index (χ2v) is 10.2. The van der Waals surface area contributed by atoms with E-state index in [9.17, 15) is 13.2 Å². The van der Waals surface area contributed by atoms with Crippen molar-refractivity contribution in [2.45, 2.75) is 43.5 Å². The Labute approximate surface area is 158 Å². The number of rotatable bonds is 6. The molecule has 0 radical (unpaired) electrons. The molecule has 0 bridgehead atoms. The molecule has 0 unspecified atom stereocenters. The van der Waals surface area contributed by atoms with Gasteiger partial charge in [-0.2, -0.15) is 4.31 Å². The van der Waals surface area contributed by atoms with Crippen LogP contribution in [-0.4, -0.2) is 47.3 Å². The molecule has 0 saturated carbocycles. The van der Waals surface area contributed by atoms with E-state index < -0.39 is 10.0 Å². The van der Waals surface area contributed by atoms with Crippen LogP contribution in [0.5, 0.6) is 0 Å². The summed E-state index contributed by atoms with van der Waals surface area (Å²) in [5.74, 6) is -0.398. The summed E-state index contributed by atoms with van der Waals surface area (Å²) >= 11 is 1.27. The first-order chi connectivity index (χ1) is 12.4. The van der Waals surface area contributed by atoms with Gasteiger partial charge in [0.2, 0.25) is 5.91 Å². The van der Waals surface area contributed by atoms with Gasteiger partial charge in [-0.1, -0.05) is 0 Å². The van der Waals surface area contributed by atoms with Crippen molar-refractivity contribution in [1.82, 2.24) is 19.2 Å². The van der Waals surface area contributed by atoms with Gasteiger partial charge in [0.05, 0.1) is 12.2 Å². The predicted molar refractivity (Wildman–Crippen MR) is 100 cm³/mol. The molecule has 1 saturated heterocycles. The highest BCUT2D eigenvalue weighted by Crippen LogP contribution is 2.28. The minimum Gasteiger partial charge on any atom is -0.352 e. The largest absolute Gasteiger partial charge is 0.352 e. The fraction of sp³-hybridized carbons (Fsp3) is 0.529. The van der Waals surface area contributed by atoms with Crippen LogP contribution >= 0.6 is 11.3 Å². The minimum atomic E-state index is -3.52. The third-order valence-corrected chi connectivity index (χ3v) is 7.83. The van der Waals surface area contributed by atoms with Gasteiger partial charge in [0.15, 0.2) is 0 Å². The van der Waals surface area contributed by atoms with Crippen LogP contribution in [0.25, 0.3) is 0 Å². The Kier molecular flexibility index (Phi) is 5.79. The Morgan fingerprint density at radius 2 is 2.27 bits per heavy atom. The quantitative estimate of drug-likeness (QED) is 0.808.